The van der Waals surface area contributed by atoms with Gasteiger partial charge >= 0.3 is 0 Å². The van der Waals surface area contributed by atoms with Gasteiger partial charge in [0.15, 0.2) is 0 Å². The predicted octanol–water partition coefficient (Wildman–Crippen LogP) is 2.00. The van der Waals surface area contributed by atoms with Gasteiger partial charge in [-0.2, -0.15) is 15.5 Å². The Labute approximate surface area is 151 Å². The van der Waals surface area contributed by atoms with Gasteiger partial charge in [0.1, 0.15) is 29.2 Å². The summed E-state index contributed by atoms with van der Waals surface area (Å²) in [6.45, 7) is 0.814. The summed E-state index contributed by atoms with van der Waals surface area (Å²) in [5, 5.41) is 28.1. The molecule has 7 nitrogen and oxygen atoms in total. The van der Waals surface area contributed by atoms with Crippen LogP contribution in [0.2, 0.25) is 0 Å². The fourth-order valence-corrected chi connectivity index (χ4v) is 3.03. The highest BCUT2D eigenvalue weighted by molar-refractivity contribution is 9.10. The minimum absolute atomic E-state index is 0.194. The van der Waals surface area contributed by atoms with Gasteiger partial charge < -0.3 is 9.84 Å². The molecule has 0 saturated carbocycles. The third-order valence-corrected chi connectivity index (χ3v) is 5.80. The molecule has 0 aromatic carbocycles. The van der Waals surface area contributed by atoms with E-state index in [9.17, 15) is 10.4 Å². The summed E-state index contributed by atoms with van der Waals surface area (Å²) in [6.07, 6.45) is 7.30. The molecule has 0 radical (unpaired) electrons. The van der Waals surface area contributed by atoms with Gasteiger partial charge in [0.05, 0.1) is 18.5 Å². The number of aliphatic hydroxyl groups excluding tert-OH is 1. The largest absolute Gasteiger partial charge is 0.382 e. The number of aliphatic hydroxyl groups is 1. The Balaban J connectivity index is 2.09. The van der Waals surface area contributed by atoms with Gasteiger partial charge in [-0.15, -0.1) is 0 Å². The van der Waals surface area contributed by atoms with Crippen LogP contribution in [0.4, 0.5) is 0 Å². The number of hydrogen-bond donors (Lipinski definition) is 1. The number of nitrogens with zero attached hydrogens (tertiary/aromatic N) is 5. The highest BCUT2D eigenvalue weighted by Gasteiger charge is 2.21. The molecule has 0 aliphatic carbocycles. The molecule has 0 spiro atoms. The van der Waals surface area contributed by atoms with Gasteiger partial charge in [0.25, 0.3) is 0 Å². The van der Waals surface area contributed by atoms with E-state index in [0.717, 1.165) is 5.75 Å². The molecule has 24 heavy (non-hydrogen) atoms. The molecule has 2 rings (SSSR count). The second kappa shape index (κ2) is 7.70. The fourth-order valence-electron chi connectivity index (χ4n) is 2.00. The van der Waals surface area contributed by atoms with E-state index in [0.29, 0.717) is 28.2 Å². The molecular weight excluding hydrogens is 394 g/mol. The summed E-state index contributed by atoms with van der Waals surface area (Å²) in [5.74, 6) is 0.994. The molecule has 2 aromatic rings. The highest BCUT2D eigenvalue weighted by Crippen LogP contribution is 2.33. The van der Waals surface area contributed by atoms with Crippen LogP contribution < -0.4 is 0 Å². The van der Waals surface area contributed by atoms with Crippen LogP contribution in [0.1, 0.15) is 23.1 Å². The Morgan fingerprint density at radius 2 is 2.17 bits per heavy atom. The summed E-state index contributed by atoms with van der Waals surface area (Å²) in [7, 11) is 1.15. The number of halogens is 1. The van der Waals surface area contributed by atoms with Gasteiger partial charge in [-0.25, -0.2) is 14.7 Å². The van der Waals surface area contributed by atoms with Gasteiger partial charge in [-0.1, -0.05) is 0 Å². The van der Waals surface area contributed by atoms with Gasteiger partial charge in [0, 0.05) is 24.4 Å². The second-order valence-corrected chi connectivity index (χ2v) is 11.7. The van der Waals surface area contributed by atoms with E-state index in [1.165, 1.54) is 4.68 Å². The summed E-state index contributed by atoms with van der Waals surface area (Å²) in [5.41, 5.74) is 1.35. The SMILES string of the molecule is Cn1ncc(C(O)c2cc(C#N)n(COCCS(C)(C)C)n2)c1Br. The third kappa shape index (κ3) is 4.60. The van der Waals surface area contributed by atoms with Crippen molar-refractivity contribution in [1.82, 2.24) is 19.6 Å². The lowest BCUT2D eigenvalue weighted by Crippen LogP contribution is -2.12. The second-order valence-electron chi connectivity index (χ2n) is 6.31. The smallest absolute Gasteiger partial charge is 0.141 e. The Morgan fingerprint density at radius 1 is 1.46 bits per heavy atom. The van der Waals surface area contributed by atoms with Gasteiger partial charge in [-0.3, -0.25) is 4.68 Å². The van der Waals surface area contributed by atoms with E-state index in [1.807, 2.05) is 0 Å². The minimum Gasteiger partial charge on any atom is -0.382 e. The number of ether oxygens (including phenoxy) is 1. The quantitative estimate of drug-likeness (QED) is 0.698. The first-order valence-electron chi connectivity index (χ1n) is 7.30. The van der Waals surface area contributed by atoms with Crippen LogP contribution in [0.5, 0.6) is 0 Å². The van der Waals surface area contributed by atoms with Crippen molar-refractivity contribution in [3.63, 3.8) is 0 Å². The van der Waals surface area contributed by atoms with Crippen LogP contribution >= 0.6 is 26.0 Å². The average Bonchev–Trinajstić information content (AvgIpc) is 3.07. The summed E-state index contributed by atoms with van der Waals surface area (Å²) in [4.78, 5) is 0. The first-order valence-corrected chi connectivity index (χ1v) is 11.1. The van der Waals surface area contributed by atoms with Crippen LogP contribution in [-0.4, -0.2) is 55.8 Å². The molecule has 0 bridgehead atoms. The topological polar surface area (TPSA) is 88.9 Å². The first kappa shape index (κ1) is 19.0. The molecule has 0 fully saturated rings. The van der Waals surface area contributed by atoms with Crippen LogP contribution in [-0.2, 0) is 18.5 Å². The maximum Gasteiger partial charge on any atom is 0.141 e. The van der Waals surface area contributed by atoms with Gasteiger partial charge in [-0.05, 0) is 34.7 Å². The zero-order valence-corrected chi connectivity index (χ0v) is 16.6. The zero-order valence-electron chi connectivity index (χ0n) is 14.2. The number of aryl methyl sites for hydroxylation is 1. The van der Waals surface area contributed by atoms with Crippen LogP contribution in [0.15, 0.2) is 16.9 Å². The Bertz CT molecular complexity index is 744. The fraction of sp³-hybridized carbons (Fsp3) is 0.533. The van der Waals surface area contributed by atoms with Gasteiger partial charge in [0.2, 0.25) is 0 Å². The molecule has 132 valence electrons. The monoisotopic (exact) mass is 415 g/mol. The molecule has 1 atom stereocenters. The number of aromatic nitrogens is 4. The lowest BCUT2D eigenvalue weighted by Gasteiger charge is -2.24. The van der Waals surface area contributed by atoms with Crippen molar-refractivity contribution in [2.75, 3.05) is 31.1 Å². The number of rotatable bonds is 7. The van der Waals surface area contributed by atoms with E-state index in [2.05, 4.69) is 51.0 Å². The summed E-state index contributed by atoms with van der Waals surface area (Å²) < 4.78 is 9.38. The maximum atomic E-state index is 10.5. The molecule has 0 amide bonds. The van der Waals surface area contributed by atoms with Crippen molar-refractivity contribution in [3.05, 3.63) is 33.8 Å². The Morgan fingerprint density at radius 3 is 2.71 bits per heavy atom. The highest BCUT2D eigenvalue weighted by atomic mass is 79.9. The molecule has 0 aliphatic heterocycles. The Hall–Kier alpha value is -1.34. The maximum absolute atomic E-state index is 10.5. The molecule has 1 N–H and O–H groups in total. The standard InChI is InChI=1S/C15H22BrN5O2S/c1-20-15(16)12(9-18-20)14(22)13-7-11(8-17)21(19-13)10-23-5-6-24(2,3)4/h7,9,14,22H,5-6,10H2,1-4H3. The van der Waals surface area contributed by atoms with Crippen LogP contribution in [0.3, 0.4) is 0 Å². The summed E-state index contributed by atoms with van der Waals surface area (Å²) in [6, 6.07) is 3.65. The van der Waals surface area contributed by atoms with E-state index in [4.69, 9.17) is 4.74 Å². The van der Waals surface area contributed by atoms with Crippen molar-refractivity contribution in [3.8, 4) is 6.07 Å². The first-order chi connectivity index (χ1) is 11.2. The minimum atomic E-state index is -0.958. The molecule has 0 saturated heterocycles. The number of nitriles is 1. The molecule has 0 aliphatic rings. The molecular formula is C15H22BrN5O2S. The van der Waals surface area contributed by atoms with Crippen LogP contribution in [0, 0.1) is 11.3 Å². The lowest BCUT2D eigenvalue weighted by molar-refractivity contribution is 0.0791. The molecule has 9 heteroatoms. The Kier molecular flexibility index (Phi) is 6.09. The van der Waals surface area contributed by atoms with E-state index < -0.39 is 16.1 Å². The average molecular weight is 416 g/mol. The van der Waals surface area contributed by atoms with Crippen molar-refractivity contribution in [2.24, 2.45) is 7.05 Å². The van der Waals surface area contributed by atoms with E-state index >= 15 is 0 Å². The van der Waals surface area contributed by atoms with Crippen LogP contribution in [0.25, 0.3) is 0 Å². The van der Waals surface area contributed by atoms with E-state index in [-0.39, 0.29) is 6.73 Å². The van der Waals surface area contributed by atoms with Crippen molar-refractivity contribution in [1.29, 1.82) is 5.26 Å². The third-order valence-electron chi connectivity index (χ3n) is 3.43. The normalized spacial score (nSPS) is 13.7. The number of hydrogen-bond acceptors (Lipinski definition) is 5. The molecule has 2 aromatic heterocycles. The zero-order chi connectivity index (χ0) is 17.9. The van der Waals surface area contributed by atoms with Crippen molar-refractivity contribution >= 4 is 26.0 Å². The van der Waals surface area contributed by atoms with Crippen molar-refractivity contribution < 1.29 is 9.84 Å². The molecule has 2 heterocycles. The van der Waals surface area contributed by atoms with Crippen molar-refractivity contribution in [2.45, 2.75) is 12.8 Å². The predicted molar refractivity (Wildman–Crippen MR) is 98.1 cm³/mol. The van der Waals surface area contributed by atoms with E-state index in [1.54, 1.807) is 24.0 Å². The lowest BCUT2D eigenvalue weighted by atomic mass is 10.1. The summed E-state index contributed by atoms with van der Waals surface area (Å²) >= 11 is 3.38. The molecule has 1 unspecified atom stereocenters.